The van der Waals surface area contributed by atoms with E-state index in [1.165, 1.54) is 0 Å². The predicted molar refractivity (Wildman–Crippen MR) is 79.6 cm³/mol. The molecule has 110 valence electrons. The fourth-order valence-corrected chi connectivity index (χ4v) is 1.91. The Bertz CT molecular complexity index is 495. The maximum absolute atomic E-state index is 12.0. The predicted octanol–water partition coefficient (Wildman–Crippen LogP) is 1.42. The highest BCUT2D eigenvalue weighted by molar-refractivity contribution is 6.42. The van der Waals surface area contributed by atoms with Gasteiger partial charge in [-0.1, -0.05) is 29.3 Å². The largest absolute Gasteiger partial charge is 0.346 e. The highest BCUT2D eigenvalue weighted by Crippen LogP contribution is 2.23. The maximum Gasteiger partial charge on any atom is 0.242 e. The molecule has 1 aromatic rings. The van der Waals surface area contributed by atoms with Crippen LogP contribution in [0.25, 0.3) is 0 Å². The number of carbonyl (C=O) groups is 2. The molecule has 0 aliphatic rings. The minimum atomic E-state index is -0.357. The van der Waals surface area contributed by atoms with Gasteiger partial charge in [-0.15, -0.1) is 0 Å². The van der Waals surface area contributed by atoms with Gasteiger partial charge in [0.05, 0.1) is 23.1 Å². The van der Waals surface area contributed by atoms with Crippen LogP contribution in [0.5, 0.6) is 0 Å². The molecule has 0 saturated heterocycles. The van der Waals surface area contributed by atoms with E-state index in [0.29, 0.717) is 23.1 Å². The number of benzene rings is 1. The average molecular weight is 318 g/mol. The first-order valence-corrected chi connectivity index (χ1v) is 6.92. The van der Waals surface area contributed by atoms with Crippen molar-refractivity contribution in [1.82, 2.24) is 10.2 Å². The summed E-state index contributed by atoms with van der Waals surface area (Å²) in [5.41, 5.74) is 6.03. The monoisotopic (exact) mass is 317 g/mol. The Kier molecular flexibility index (Phi) is 6.78. The van der Waals surface area contributed by atoms with E-state index in [1.54, 1.807) is 17.0 Å². The van der Waals surface area contributed by atoms with E-state index >= 15 is 0 Å². The molecule has 1 aromatic carbocycles. The van der Waals surface area contributed by atoms with Gasteiger partial charge >= 0.3 is 0 Å². The zero-order valence-corrected chi connectivity index (χ0v) is 12.7. The fourth-order valence-electron chi connectivity index (χ4n) is 1.59. The highest BCUT2D eigenvalue weighted by Gasteiger charge is 2.13. The van der Waals surface area contributed by atoms with Gasteiger partial charge in [-0.05, 0) is 24.6 Å². The van der Waals surface area contributed by atoms with Crippen molar-refractivity contribution >= 4 is 35.0 Å². The van der Waals surface area contributed by atoms with Gasteiger partial charge in [-0.3, -0.25) is 9.59 Å². The minimum absolute atomic E-state index is 0.0643. The van der Waals surface area contributed by atoms with Gasteiger partial charge in [0.2, 0.25) is 11.8 Å². The van der Waals surface area contributed by atoms with E-state index in [1.807, 2.05) is 13.0 Å². The van der Waals surface area contributed by atoms with Crippen LogP contribution in [0.2, 0.25) is 10.0 Å². The molecule has 2 amide bonds. The number of carbonyl (C=O) groups excluding carboxylic acids is 2. The third-order valence-electron chi connectivity index (χ3n) is 2.71. The van der Waals surface area contributed by atoms with Crippen molar-refractivity contribution in [2.24, 2.45) is 5.73 Å². The van der Waals surface area contributed by atoms with Crippen molar-refractivity contribution < 1.29 is 9.59 Å². The van der Waals surface area contributed by atoms with Gasteiger partial charge in [0.15, 0.2) is 0 Å². The first-order valence-electron chi connectivity index (χ1n) is 6.16. The Morgan fingerprint density at radius 2 is 2.00 bits per heavy atom. The van der Waals surface area contributed by atoms with Gasteiger partial charge in [0, 0.05) is 13.1 Å². The summed E-state index contributed by atoms with van der Waals surface area (Å²) in [6, 6.07) is 5.22. The van der Waals surface area contributed by atoms with E-state index in [2.05, 4.69) is 5.32 Å². The Balaban J connectivity index is 2.63. The summed E-state index contributed by atoms with van der Waals surface area (Å²) >= 11 is 11.8. The molecule has 0 bridgehead atoms. The number of nitrogens with zero attached hydrogens (tertiary/aromatic N) is 1. The summed E-state index contributed by atoms with van der Waals surface area (Å²) in [6.45, 7) is 2.60. The lowest BCUT2D eigenvalue weighted by molar-refractivity contribution is -0.132. The number of rotatable bonds is 6. The molecular formula is C13H17Cl2N3O2. The maximum atomic E-state index is 12.0. The Morgan fingerprint density at radius 3 is 2.55 bits per heavy atom. The van der Waals surface area contributed by atoms with Crippen LogP contribution in [0.3, 0.4) is 0 Å². The third kappa shape index (κ3) is 5.00. The number of halogens is 2. The average Bonchev–Trinajstić information content (AvgIpc) is 2.45. The Hall–Kier alpha value is -1.30. The van der Waals surface area contributed by atoms with Gasteiger partial charge in [-0.2, -0.15) is 0 Å². The van der Waals surface area contributed by atoms with E-state index in [-0.39, 0.29) is 24.9 Å². The van der Waals surface area contributed by atoms with Gasteiger partial charge < -0.3 is 16.0 Å². The molecule has 0 aromatic heterocycles. The molecule has 0 aliphatic carbocycles. The topological polar surface area (TPSA) is 75.4 Å². The number of nitrogens with one attached hydrogen (secondary N) is 1. The molecule has 0 aliphatic heterocycles. The van der Waals surface area contributed by atoms with Gasteiger partial charge in [0.25, 0.3) is 0 Å². The van der Waals surface area contributed by atoms with E-state index in [9.17, 15) is 9.59 Å². The lowest BCUT2D eigenvalue weighted by Crippen LogP contribution is -2.41. The summed E-state index contributed by atoms with van der Waals surface area (Å²) in [5, 5.41) is 3.37. The Labute approximate surface area is 128 Å². The zero-order valence-electron chi connectivity index (χ0n) is 11.2. The number of likely N-dealkylation sites (N-methyl/N-ethyl adjacent to an activating group) is 1. The Morgan fingerprint density at radius 1 is 1.30 bits per heavy atom. The van der Waals surface area contributed by atoms with Crippen LogP contribution >= 0.6 is 23.2 Å². The SMILES string of the molecule is CCN(Cc1ccc(Cl)c(Cl)c1)C(=O)CNC(=O)CN. The molecular weight excluding hydrogens is 301 g/mol. The first kappa shape index (κ1) is 16.8. The van der Waals surface area contributed by atoms with Crippen LogP contribution in [0.4, 0.5) is 0 Å². The number of hydrogen-bond donors (Lipinski definition) is 2. The van der Waals surface area contributed by atoms with Crippen molar-refractivity contribution in [2.75, 3.05) is 19.6 Å². The van der Waals surface area contributed by atoms with Crippen LogP contribution in [0.1, 0.15) is 12.5 Å². The molecule has 0 saturated carbocycles. The molecule has 7 heteroatoms. The molecule has 1 rings (SSSR count). The quantitative estimate of drug-likeness (QED) is 0.833. The van der Waals surface area contributed by atoms with Crippen molar-refractivity contribution in [3.63, 3.8) is 0 Å². The van der Waals surface area contributed by atoms with E-state index < -0.39 is 0 Å². The number of nitrogens with two attached hydrogens (primary N) is 1. The molecule has 0 radical (unpaired) electrons. The second-order valence-corrected chi connectivity index (χ2v) is 4.95. The molecule has 0 atom stereocenters. The summed E-state index contributed by atoms with van der Waals surface area (Å²) < 4.78 is 0. The minimum Gasteiger partial charge on any atom is -0.346 e. The smallest absolute Gasteiger partial charge is 0.242 e. The van der Waals surface area contributed by atoms with E-state index in [0.717, 1.165) is 5.56 Å². The molecule has 0 unspecified atom stereocenters. The number of amides is 2. The first-order chi connectivity index (χ1) is 9.47. The normalized spacial score (nSPS) is 10.2. The standard InChI is InChI=1S/C13H17Cl2N3O2/c1-2-18(13(20)7-17-12(19)6-16)8-9-3-4-10(14)11(15)5-9/h3-5H,2,6-8,16H2,1H3,(H,17,19). The van der Waals surface area contributed by atoms with Crippen LogP contribution in [0, 0.1) is 0 Å². The fraction of sp³-hybridized carbons (Fsp3) is 0.385. The lowest BCUT2D eigenvalue weighted by atomic mass is 10.2. The summed E-state index contributed by atoms with van der Waals surface area (Å²) in [7, 11) is 0. The second-order valence-electron chi connectivity index (χ2n) is 4.14. The second kappa shape index (κ2) is 8.09. The van der Waals surface area contributed by atoms with Crippen LogP contribution < -0.4 is 11.1 Å². The molecule has 20 heavy (non-hydrogen) atoms. The molecule has 3 N–H and O–H groups in total. The zero-order chi connectivity index (χ0) is 15.1. The van der Waals surface area contributed by atoms with Gasteiger partial charge in [0.1, 0.15) is 0 Å². The lowest BCUT2D eigenvalue weighted by Gasteiger charge is -2.21. The van der Waals surface area contributed by atoms with Crippen molar-refractivity contribution in [2.45, 2.75) is 13.5 Å². The number of hydrogen-bond acceptors (Lipinski definition) is 3. The molecule has 0 heterocycles. The van der Waals surface area contributed by atoms with Crippen LogP contribution in [-0.2, 0) is 16.1 Å². The highest BCUT2D eigenvalue weighted by atomic mass is 35.5. The molecule has 5 nitrogen and oxygen atoms in total. The van der Waals surface area contributed by atoms with Crippen molar-refractivity contribution in [3.8, 4) is 0 Å². The summed E-state index contributed by atoms with van der Waals surface area (Å²) in [6.07, 6.45) is 0. The molecule has 0 fully saturated rings. The summed E-state index contributed by atoms with van der Waals surface area (Å²) in [4.78, 5) is 24.6. The third-order valence-corrected chi connectivity index (χ3v) is 3.45. The summed E-state index contributed by atoms with van der Waals surface area (Å²) in [5.74, 6) is -0.538. The van der Waals surface area contributed by atoms with E-state index in [4.69, 9.17) is 28.9 Å². The van der Waals surface area contributed by atoms with Crippen LogP contribution in [-0.4, -0.2) is 36.3 Å². The van der Waals surface area contributed by atoms with Crippen molar-refractivity contribution in [3.05, 3.63) is 33.8 Å². The van der Waals surface area contributed by atoms with Crippen molar-refractivity contribution in [1.29, 1.82) is 0 Å². The molecule has 0 spiro atoms. The van der Waals surface area contributed by atoms with Crippen LogP contribution in [0.15, 0.2) is 18.2 Å². The van der Waals surface area contributed by atoms with Gasteiger partial charge in [-0.25, -0.2) is 0 Å².